The number of aromatic carboxylic acids is 1. The van der Waals surface area contributed by atoms with Crippen LogP contribution in [-0.2, 0) is 21.4 Å². The first-order chi connectivity index (χ1) is 22.0. The molecule has 1 aliphatic rings. The number of amides is 1. The summed E-state index contributed by atoms with van der Waals surface area (Å²) >= 11 is 1.06. The number of aromatic nitrogens is 3. The number of carboxylic acids is 1. The van der Waals surface area contributed by atoms with E-state index < -0.39 is 62.9 Å². The minimum Gasteiger partial charge on any atom is -0.475 e. The van der Waals surface area contributed by atoms with Crippen LogP contribution in [-0.4, -0.2) is 83.1 Å². The van der Waals surface area contributed by atoms with Crippen molar-refractivity contribution in [2.24, 2.45) is 0 Å². The number of carbonyl (C=O) groups excluding carboxylic acids is 1. The van der Waals surface area contributed by atoms with Gasteiger partial charge in [-0.1, -0.05) is 23.5 Å². The fourth-order valence-corrected chi connectivity index (χ4v) is 6.95. The summed E-state index contributed by atoms with van der Waals surface area (Å²) in [5.74, 6) is -3.83. The Bertz CT molecular complexity index is 1890. The van der Waals surface area contributed by atoms with Gasteiger partial charge in [0.05, 0.1) is 15.8 Å². The van der Waals surface area contributed by atoms with Crippen molar-refractivity contribution in [2.45, 2.75) is 30.2 Å². The van der Waals surface area contributed by atoms with Crippen molar-refractivity contribution in [3.05, 3.63) is 66.1 Å². The quantitative estimate of drug-likeness (QED) is 0.244. The van der Waals surface area contributed by atoms with E-state index in [1.165, 1.54) is 18.3 Å². The van der Waals surface area contributed by atoms with Crippen molar-refractivity contribution in [3.63, 3.8) is 0 Å². The number of carbonyl (C=O) groups is 2. The predicted molar refractivity (Wildman–Crippen MR) is 150 cm³/mol. The smallest absolute Gasteiger partial charge is 0.475 e. The highest BCUT2D eigenvalue weighted by atomic mass is 32.2. The maximum atomic E-state index is 13.7. The number of halogens is 6. The Hall–Kier alpha value is -4.76. The lowest BCUT2D eigenvalue weighted by Crippen LogP contribution is -2.60. The van der Waals surface area contributed by atoms with Gasteiger partial charge in [-0.15, -0.1) is 26.3 Å². The molecule has 21 heteroatoms. The molecule has 0 saturated carbocycles. The Morgan fingerprint density at radius 3 is 2.11 bits per heavy atom. The molecule has 0 radical (unpaired) electrons. The lowest BCUT2D eigenvalue weighted by molar-refractivity contribution is -0.275. The molecule has 47 heavy (non-hydrogen) atoms. The van der Waals surface area contributed by atoms with Crippen LogP contribution in [0.3, 0.4) is 0 Å². The molecule has 2 aromatic heterocycles. The molecule has 1 saturated heterocycles. The summed E-state index contributed by atoms with van der Waals surface area (Å²) < 4.78 is 112. The lowest BCUT2D eigenvalue weighted by atomic mass is 10.1. The van der Waals surface area contributed by atoms with Crippen molar-refractivity contribution in [1.82, 2.24) is 24.6 Å². The predicted octanol–water partition coefficient (Wildman–Crippen LogP) is 3.78. The molecule has 1 atom stereocenters. The first kappa shape index (κ1) is 33.6. The number of nitrogens with zero attached hydrogens (tertiary/aromatic N) is 5. The molecule has 13 nitrogen and oxygen atoms in total. The van der Waals surface area contributed by atoms with Gasteiger partial charge in [-0.25, -0.2) is 23.2 Å². The van der Waals surface area contributed by atoms with Crippen LogP contribution in [0.1, 0.15) is 16.2 Å². The monoisotopic (exact) mass is 706 g/mol. The third kappa shape index (κ3) is 8.16. The van der Waals surface area contributed by atoms with Gasteiger partial charge in [-0.3, -0.25) is 4.79 Å². The lowest BCUT2D eigenvalue weighted by Gasteiger charge is -2.39. The van der Waals surface area contributed by atoms with Gasteiger partial charge in [0.25, 0.3) is 0 Å². The van der Waals surface area contributed by atoms with Crippen LogP contribution in [0.25, 0.3) is 10.3 Å². The number of alkyl halides is 6. The van der Waals surface area contributed by atoms with Crippen LogP contribution in [0, 0.1) is 0 Å². The van der Waals surface area contributed by atoms with Gasteiger partial charge in [0.15, 0.2) is 10.8 Å². The maximum absolute atomic E-state index is 13.7. The van der Waals surface area contributed by atoms with E-state index in [1.54, 1.807) is 4.90 Å². The second-order valence-corrected chi connectivity index (χ2v) is 12.6. The third-order valence-electron chi connectivity index (χ3n) is 6.52. The van der Waals surface area contributed by atoms with Crippen LogP contribution in [0.4, 0.5) is 31.5 Å². The van der Waals surface area contributed by atoms with Gasteiger partial charge in [0.1, 0.15) is 17.5 Å². The summed E-state index contributed by atoms with van der Waals surface area (Å²) in [6.07, 6.45) is -8.65. The van der Waals surface area contributed by atoms with E-state index in [2.05, 4.69) is 29.7 Å². The van der Waals surface area contributed by atoms with Gasteiger partial charge in [-0.2, -0.15) is 9.29 Å². The van der Waals surface area contributed by atoms with Gasteiger partial charge < -0.3 is 24.8 Å². The number of anilines is 1. The average Bonchev–Trinajstić information content (AvgIpc) is 3.43. The summed E-state index contributed by atoms with van der Waals surface area (Å²) in [6.45, 7) is -0.768. The Kier molecular flexibility index (Phi) is 9.15. The van der Waals surface area contributed by atoms with Crippen LogP contribution in [0.5, 0.6) is 11.5 Å². The Morgan fingerprint density at radius 1 is 0.936 bits per heavy atom. The number of nitrogens with one attached hydrogen (secondary N) is 1. The van der Waals surface area contributed by atoms with Gasteiger partial charge in [-0.05, 0) is 42.0 Å². The highest BCUT2D eigenvalue weighted by Crippen LogP contribution is 2.32. The Labute approximate surface area is 264 Å². The number of fused-ring (bicyclic) bond motifs is 1. The average molecular weight is 707 g/mol. The first-order valence-electron chi connectivity index (χ1n) is 13.1. The number of benzene rings is 2. The number of piperazine rings is 1. The summed E-state index contributed by atoms with van der Waals surface area (Å²) in [6, 6.07) is 6.58. The third-order valence-corrected chi connectivity index (χ3v) is 9.48. The SMILES string of the molecule is O=C(O)c1ncc2sc(N3CCN(S(=O)(=O)c4ccc(OC(F)(F)F)cc4)[C@@H](C(=O)NCc4ccc(OC(F)(F)F)cc4)C3)nc2n1. The van der Waals surface area contributed by atoms with Crippen molar-refractivity contribution in [3.8, 4) is 11.5 Å². The van der Waals surface area contributed by atoms with Crippen molar-refractivity contribution >= 4 is 48.7 Å². The molecule has 3 heterocycles. The van der Waals surface area contributed by atoms with Crippen LogP contribution >= 0.6 is 11.3 Å². The maximum Gasteiger partial charge on any atom is 0.573 e. The van der Waals surface area contributed by atoms with E-state index in [0.29, 0.717) is 10.3 Å². The van der Waals surface area contributed by atoms with E-state index in [4.69, 9.17) is 0 Å². The zero-order chi connectivity index (χ0) is 34.1. The van der Waals surface area contributed by atoms with Crippen molar-refractivity contribution in [2.75, 3.05) is 24.5 Å². The molecule has 4 aromatic rings. The highest BCUT2D eigenvalue weighted by Gasteiger charge is 2.41. The first-order valence-corrected chi connectivity index (χ1v) is 15.4. The number of hydrogen-bond acceptors (Lipinski definition) is 11. The number of sulfonamides is 1. The molecule has 2 aromatic carbocycles. The summed E-state index contributed by atoms with van der Waals surface area (Å²) in [7, 11) is -4.49. The normalized spacial score (nSPS) is 16.2. The van der Waals surface area contributed by atoms with Gasteiger partial charge in [0.2, 0.25) is 21.8 Å². The molecule has 250 valence electrons. The topological polar surface area (TPSA) is 164 Å². The second kappa shape index (κ2) is 12.8. The molecule has 0 spiro atoms. The fraction of sp³-hybridized carbons (Fsp3) is 0.269. The van der Waals surface area contributed by atoms with E-state index in [-0.39, 0.29) is 37.0 Å². The number of ether oxygens (including phenoxy) is 2. The second-order valence-electron chi connectivity index (χ2n) is 9.69. The molecule has 1 fully saturated rings. The number of thiazole rings is 1. The number of carboxylic acid groups (broad SMARTS) is 1. The Balaban J connectivity index is 1.39. The minimum atomic E-state index is -5.01. The standard InChI is InChI=1S/C26H20F6N6O7S2/c27-25(28,29)44-15-3-1-14(2-4-15)11-34-22(39)18-13-37(24-36-20-19(46-24)12-33-21(35-20)23(40)41)9-10-38(18)47(42,43)17-7-5-16(6-8-17)45-26(30,31)32/h1-8,12,18H,9-11,13H2,(H,34,39)(H,40,41)/t18-/m1/s1. The summed E-state index contributed by atoms with van der Waals surface area (Å²) in [5.41, 5.74) is 0.418. The van der Waals surface area contributed by atoms with Crippen molar-refractivity contribution in [1.29, 1.82) is 0 Å². The number of hydrogen-bond donors (Lipinski definition) is 2. The van der Waals surface area contributed by atoms with Gasteiger partial charge >= 0.3 is 18.7 Å². The van der Waals surface area contributed by atoms with Crippen LogP contribution < -0.4 is 19.7 Å². The summed E-state index contributed by atoms with van der Waals surface area (Å²) in [4.78, 5) is 37.9. The molecule has 0 unspecified atom stereocenters. The summed E-state index contributed by atoms with van der Waals surface area (Å²) in [5, 5.41) is 12.0. The molecule has 0 aliphatic carbocycles. The van der Waals surface area contributed by atoms with Crippen LogP contribution in [0.2, 0.25) is 0 Å². The molecule has 1 aliphatic heterocycles. The van der Waals surface area contributed by atoms with E-state index in [0.717, 1.165) is 52.0 Å². The fourth-order valence-electron chi connectivity index (χ4n) is 4.47. The van der Waals surface area contributed by atoms with E-state index in [9.17, 15) is 49.5 Å². The number of rotatable bonds is 9. The van der Waals surface area contributed by atoms with Crippen LogP contribution in [0.15, 0.2) is 59.6 Å². The zero-order valence-electron chi connectivity index (χ0n) is 23.3. The van der Waals surface area contributed by atoms with E-state index >= 15 is 0 Å². The molecular weight excluding hydrogens is 686 g/mol. The Morgan fingerprint density at radius 2 is 1.53 bits per heavy atom. The minimum absolute atomic E-state index is 0.00200. The van der Waals surface area contributed by atoms with Crippen molar-refractivity contribution < 1.29 is 58.9 Å². The highest BCUT2D eigenvalue weighted by molar-refractivity contribution is 7.89. The van der Waals surface area contributed by atoms with E-state index in [1.807, 2.05) is 0 Å². The molecule has 0 bridgehead atoms. The zero-order valence-corrected chi connectivity index (χ0v) is 25.0. The molecule has 1 amide bonds. The molecule has 5 rings (SSSR count). The largest absolute Gasteiger partial charge is 0.573 e. The van der Waals surface area contributed by atoms with Gasteiger partial charge in [0, 0.05) is 26.2 Å². The molecular formula is C26H20F6N6O7S2. The molecule has 2 N–H and O–H groups in total.